The first-order valence-corrected chi connectivity index (χ1v) is 6.73. The molecule has 1 aromatic carbocycles. The molecule has 1 rings (SSSR count). The summed E-state index contributed by atoms with van der Waals surface area (Å²) >= 11 is 0. The van der Waals surface area contributed by atoms with Crippen LogP contribution in [0.25, 0.3) is 0 Å². The van der Waals surface area contributed by atoms with Crippen LogP contribution in [-0.4, -0.2) is 31.9 Å². The maximum absolute atomic E-state index is 9.47. The van der Waals surface area contributed by atoms with Gasteiger partial charge in [0.2, 0.25) is 0 Å². The van der Waals surface area contributed by atoms with Gasteiger partial charge in [0.05, 0.1) is 6.61 Å². The highest BCUT2D eigenvalue weighted by molar-refractivity contribution is 5.27. The van der Waals surface area contributed by atoms with E-state index in [2.05, 4.69) is 18.3 Å². The number of hydrogen-bond donors (Lipinski definition) is 2. The van der Waals surface area contributed by atoms with Crippen LogP contribution in [-0.2, 0) is 11.2 Å². The van der Waals surface area contributed by atoms with E-state index in [1.165, 1.54) is 18.4 Å². The Morgan fingerprint density at radius 2 is 2.22 bits per heavy atom. The maximum atomic E-state index is 9.47. The molecule has 0 spiro atoms. The minimum absolute atomic E-state index is 0.357. The fraction of sp³-hybridized carbons (Fsp3) is 0.600. The lowest BCUT2D eigenvalue weighted by atomic mass is 9.95. The van der Waals surface area contributed by atoms with Crippen molar-refractivity contribution in [2.75, 3.05) is 26.8 Å². The first kappa shape index (κ1) is 15.0. The molecule has 102 valence electrons. The number of phenols is 1. The number of rotatable bonds is 9. The Hall–Kier alpha value is -1.06. The van der Waals surface area contributed by atoms with Crippen molar-refractivity contribution in [1.29, 1.82) is 0 Å². The molecule has 3 heteroatoms. The van der Waals surface area contributed by atoms with Crippen molar-refractivity contribution in [3.05, 3.63) is 29.8 Å². The molecule has 1 atom stereocenters. The van der Waals surface area contributed by atoms with Crippen LogP contribution in [0.2, 0.25) is 0 Å². The zero-order valence-corrected chi connectivity index (χ0v) is 11.5. The second-order valence-corrected chi connectivity index (χ2v) is 4.73. The molecule has 0 aromatic heterocycles. The van der Waals surface area contributed by atoms with E-state index in [-0.39, 0.29) is 0 Å². The molecule has 0 saturated carbocycles. The van der Waals surface area contributed by atoms with Crippen LogP contribution >= 0.6 is 0 Å². The third-order valence-electron chi connectivity index (χ3n) is 3.05. The topological polar surface area (TPSA) is 41.5 Å². The zero-order valence-electron chi connectivity index (χ0n) is 11.5. The van der Waals surface area contributed by atoms with Gasteiger partial charge in [0.1, 0.15) is 5.75 Å². The zero-order chi connectivity index (χ0) is 13.2. The average Bonchev–Trinajstić information content (AvgIpc) is 2.35. The number of aromatic hydroxyl groups is 1. The molecule has 0 fully saturated rings. The van der Waals surface area contributed by atoms with E-state index in [0.717, 1.165) is 26.1 Å². The molecule has 2 N–H and O–H groups in total. The molecule has 1 aromatic rings. The molecule has 0 bridgehead atoms. The van der Waals surface area contributed by atoms with Gasteiger partial charge in [0.15, 0.2) is 0 Å². The Labute approximate surface area is 110 Å². The second-order valence-electron chi connectivity index (χ2n) is 4.73. The Morgan fingerprint density at radius 1 is 1.39 bits per heavy atom. The molecule has 0 heterocycles. The van der Waals surface area contributed by atoms with Crippen LogP contribution in [0.1, 0.15) is 25.3 Å². The summed E-state index contributed by atoms with van der Waals surface area (Å²) in [5.74, 6) is 0.976. The van der Waals surface area contributed by atoms with Gasteiger partial charge < -0.3 is 15.2 Å². The van der Waals surface area contributed by atoms with Crippen molar-refractivity contribution in [3.8, 4) is 5.75 Å². The number of ether oxygens (including phenoxy) is 1. The lowest BCUT2D eigenvalue weighted by Gasteiger charge is -2.17. The number of phenolic OH excluding ortho intramolecular Hbond substituents is 1. The standard InChI is InChI=1S/C15H25NO2/c1-3-5-14(12-16-8-9-18-2)10-13-6-4-7-15(17)11-13/h4,6-7,11,14,16-17H,3,5,8-10,12H2,1-2H3. The minimum atomic E-state index is 0.357. The first-order chi connectivity index (χ1) is 8.76. The third kappa shape index (κ3) is 6.03. The molecule has 0 amide bonds. The van der Waals surface area contributed by atoms with Gasteiger partial charge in [0.25, 0.3) is 0 Å². The normalized spacial score (nSPS) is 12.6. The van der Waals surface area contributed by atoms with E-state index in [0.29, 0.717) is 11.7 Å². The van der Waals surface area contributed by atoms with Gasteiger partial charge in [-0.05, 0) is 43.0 Å². The number of nitrogens with one attached hydrogen (secondary N) is 1. The summed E-state index contributed by atoms with van der Waals surface area (Å²) in [5, 5.41) is 12.9. The maximum Gasteiger partial charge on any atom is 0.115 e. The molecule has 1 unspecified atom stereocenters. The number of benzene rings is 1. The molecule has 0 aliphatic heterocycles. The summed E-state index contributed by atoms with van der Waals surface area (Å²) in [6, 6.07) is 7.57. The van der Waals surface area contributed by atoms with Crippen LogP contribution in [0.4, 0.5) is 0 Å². The third-order valence-corrected chi connectivity index (χ3v) is 3.05. The highest BCUT2D eigenvalue weighted by Crippen LogP contribution is 2.17. The smallest absolute Gasteiger partial charge is 0.115 e. The second kappa shape index (κ2) is 8.95. The van der Waals surface area contributed by atoms with E-state index in [9.17, 15) is 5.11 Å². The highest BCUT2D eigenvalue weighted by atomic mass is 16.5. The Kier molecular flexibility index (Phi) is 7.46. The van der Waals surface area contributed by atoms with Crippen molar-refractivity contribution in [3.63, 3.8) is 0 Å². The molecule has 0 radical (unpaired) electrons. The molecule has 3 nitrogen and oxygen atoms in total. The summed E-state index contributed by atoms with van der Waals surface area (Å²) in [6.45, 7) is 4.87. The summed E-state index contributed by atoms with van der Waals surface area (Å²) in [6.07, 6.45) is 3.41. The fourth-order valence-electron chi connectivity index (χ4n) is 2.18. The van der Waals surface area contributed by atoms with Crippen molar-refractivity contribution in [2.45, 2.75) is 26.2 Å². The van der Waals surface area contributed by atoms with Crippen LogP contribution in [0.3, 0.4) is 0 Å². The first-order valence-electron chi connectivity index (χ1n) is 6.73. The lowest BCUT2D eigenvalue weighted by Crippen LogP contribution is -2.27. The SMILES string of the molecule is CCCC(CNCCOC)Cc1cccc(O)c1. The Bertz CT molecular complexity index is 328. The fourth-order valence-corrected chi connectivity index (χ4v) is 2.18. The molecular weight excluding hydrogens is 226 g/mol. The van der Waals surface area contributed by atoms with Gasteiger partial charge in [-0.1, -0.05) is 25.5 Å². The van der Waals surface area contributed by atoms with E-state index >= 15 is 0 Å². The molecule has 18 heavy (non-hydrogen) atoms. The van der Waals surface area contributed by atoms with Crippen molar-refractivity contribution >= 4 is 0 Å². The lowest BCUT2D eigenvalue weighted by molar-refractivity contribution is 0.197. The summed E-state index contributed by atoms with van der Waals surface area (Å²) in [7, 11) is 1.72. The van der Waals surface area contributed by atoms with Crippen molar-refractivity contribution in [2.24, 2.45) is 5.92 Å². The predicted octanol–water partition coefficient (Wildman–Crippen LogP) is 2.59. The van der Waals surface area contributed by atoms with Crippen molar-refractivity contribution in [1.82, 2.24) is 5.32 Å². The summed E-state index contributed by atoms with van der Waals surface area (Å²) in [4.78, 5) is 0. The highest BCUT2D eigenvalue weighted by Gasteiger charge is 2.08. The monoisotopic (exact) mass is 251 g/mol. The van der Waals surface area contributed by atoms with Gasteiger partial charge in [-0.2, -0.15) is 0 Å². The quantitative estimate of drug-likeness (QED) is 0.663. The predicted molar refractivity (Wildman–Crippen MR) is 75.0 cm³/mol. The Balaban J connectivity index is 2.41. The van der Waals surface area contributed by atoms with Crippen LogP contribution in [0.5, 0.6) is 5.75 Å². The summed E-state index contributed by atoms with van der Waals surface area (Å²) in [5.41, 5.74) is 1.21. The average molecular weight is 251 g/mol. The van der Waals surface area contributed by atoms with E-state index in [1.807, 2.05) is 12.1 Å². The molecule has 0 aliphatic rings. The minimum Gasteiger partial charge on any atom is -0.508 e. The van der Waals surface area contributed by atoms with Crippen LogP contribution in [0, 0.1) is 5.92 Å². The molecule has 0 saturated heterocycles. The van der Waals surface area contributed by atoms with E-state index < -0.39 is 0 Å². The van der Waals surface area contributed by atoms with E-state index in [4.69, 9.17) is 4.74 Å². The molecular formula is C15H25NO2. The van der Waals surface area contributed by atoms with Gasteiger partial charge in [-0.25, -0.2) is 0 Å². The van der Waals surface area contributed by atoms with Gasteiger partial charge in [0, 0.05) is 13.7 Å². The van der Waals surface area contributed by atoms with Crippen LogP contribution < -0.4 is 5.32 Å². The number of methoxy groups -OCH3 is 1. The van der Waals surface area contributed by atoms with Gasteiger partial charge >= 0.3 is 0 Å². The number of hydrogen-bond acceptors (Lipinski definition) is 3. The van der Waals surface area contributed by atoms with Crippen LogP contribution in [0.15, 0.2) is 24.3 Å². The van der Waals surface area contributed by atoms with Gasteiger partial charge in [-0.3, -0.25) is 0 Å². The Morgan fingerprint density at radius 3 is 2.89 bits per heavy atom. The molecule has 0 aliphatic carbocycles. The van der Waals surface area contributed by atoms with Crippen molar-refractivity contribution < 1.29 is 9.84 Å². The van der Waals surface area contributed by atoms with Gasteiger partial charge in [-0.15, -0.1) is 0 Å². The summed E-state index contributed by atoms with van der Waals surface area (Å²) < 4.78 is 5.02. The van der Waals surface area contributed by atoms with E-state index in [1.54, 1.807) is 13.2 Å². The largest absolute Gasteiger partial charge is 0.508 e.